The lowest BCUT2D eigenvalue weighted by atomic mass is 10.00. The number of nitrogens with one attached hydrogen (secondary N) is 1. The van der Waals surface area contributed by atoms with Crippen molar-refractivity contribution in [3.8, 4) is 0 Å². The Balaban J connectivity index is 0.00000128. The highest BCUT2D eigenvalue weighted by Gasteiger charge is 2.24. The van der Waals surface area contributed by atoms with Crippen molar-refractivity contribution < 1.29 is 4.74 Å². The third-order valence-corrected chi connectivity index (χ3v) is 3.08. The zero-order valence-corrected chi connectivity index (χ0v) is 10.5. The molecule has 16 heavy (non-hydrogen) atoms. The molecule has 3 heteroatoms. The fraction of sp³-hybridized carbons (Fsp3) is 0.538. The van der Waals surface area contributed by atoms with Crippen LogP contribution in [0.5, 0.6) is 0 Å². The SMILES string of the molecule is CNC(Cc1ccccc1)C1CCCO1.Cl. The van der Waals surface area contributed by atoms with E-state index in [2.05, 4.69) is 35.6 Å². The van der Waals surface area contributed by atoms with Crippen LogP contribution in [-0.4, -0.2) is 25.8 Å². The molecule has 2 rings (SSSR count). The van der Waals surface area contributed by atoms with Crippen LogP contribution in [0.15, 0.2) is 30.3 Å². The summed E-state index contributed by atoms with van der Waals surface area (Å²) in [4.78, 5) is 0. The van der Waals surface area contributed by atoms with Gasteiger partial charge in [0.2, 0.25) is 0 Å². The maximum atomic E-state index is 5.72. The minimum Gasteiger partial charge on any atom is -0.377 e. The van der Waals surface area contributed by atoms with Crippen LogP contribution in [-0.2, 0) is 11.2 Å². The number of likely N-dealkylation sites (N-methyl/N-ethyl adjacent to an activating group) is 1. The first-order valence-corrected chi connectivity index (χ1v) is 5.73. The van der Waals surface area contributed by atoms with Crippen LogP contribution in [0.2, 0.25) is 0 Å². The normalized spacial score (nSPS) is 21.4. The molecule has 2 unspecified atom stereocenters. The van der Waals surface area contributed by atoms with Crippen LogP contribution >= 0.6 is 12.4 Å². The van der Waals surface area contributed by atoms with Gasteiger partial charge in [0, 0.05) is 12.6 Å². The van der Waals surface area contributed by atoms with Gasteiger partial charge in [-0.15, -0.1) is 12.4 Å². The quantitative estimate of drug-likeness (QED) is 0.874. The second-order valence-corrected chi connectivity index (χ2v) is 4.14. The van der Waals surface area contributed by atoms with E-state index in [1.54, 1.807) is 0 Å². The number of halogens is 1. The van der Waals surface area contributed by atoms with Gasteiger partial charge < -0.3 is 10.1 Å². The number of hydrogen-bond acceptors (Lipinski definition) is 2. The second-order valence-electron chi connectivity index (χ2n) is 4.14. The third kappa shape index (κ3) is 3.48. The fourth-order valence-electron chi connectivity index (χ4n) is 2.21. The van der Waals surface area contributed by atoms with Gasteiger partial charge in [-0.2, -0.15) is 0 Å². The molecular weight excluding hydrogens is 222 g/mol. The molecule has 0 aromatic heterocycles. The van der Waals surface area contributed by atoms with Crippen molar-refractivity contribution in [3.63, 3.8) is 0 Å². The Bertz CT molecular complexity index is 285. The van der Waals surface area contributed by atoms with Crippen LogP contribution in [0.25, 0.3) is 0 Å². The Morgan fingerprint density at radius 1 is 1.38 bits per heavy atom. The first-order valence-electron chi connectivity index (χ1n) is 5.73. The lowest BCUT2D eigenvalue weighted by molar-refractivity contribution is 0.0808. The monoisotopic (exact) mass is 241 g/mol. The average Bonchev–Trinajstić information content (AvgIpc) is 2.81. The summed E-state index contributed by atoms with van der Waals surface area (Å²) in [5.74, 6) is 0. The lowest BCUT2D eigenvalue weighted by Gasteiger charge is -2.22. The van der Waals surface area contributed by atoms with Gasteiger partial charge in [-0.1, -0.05) is 30.3 Å². The predicted octanol–water partition coefficient (Wildman–Crippen LogP) is 2.42. The minimum absolute atomic E-state index is 0. The third-order valence-electron chi connectivity index (χ3n) is 3.08. The van der Waals surface area contributed by atoms with E-state index >= 15 is 0 Å². The highest BCUT2D eigenvalue weighted by molar-refractivity contribution is 5.85. The molecule has 0 bridgehead atoms. The van der Waals surface area contributed by atoms with Gasteiger partial charge in [-0.3, -0.25) is 0 Å². The molecular formula is C13H20ClNO. The average molecular weight is 242 g/mol. The Morgan fingerprint density at radius 3 is 2.69 bits per heavy atom. The van der Waals surface area contributed by atoms with Crippen LogP contribution in [0, 0.1) is 0 Å². The van der Waals surface area contributed by atoms with Gasteiger partial charge in [0.1, 0.15) is 0 Å². The number of rotatable bonds is 4. The van der Waals surface area contributed by atoms with Crippen molar-refractivity contribution in [2.45, 2.75) is 31.4 Å². The summed E-state index contributed by atoms with van der Waals surface area (Å²) >= 11 is 0. The molecule has 0 saturated carbocycles. The largest absolute Gasteiger partial charge is 0.377 e. The highest BCUT2D eigenvalue weighted by atomic mass is 35.5. The standard InChI is InChI=1S/C13H19NO.ClH/c1-14-12(13-8-5-9-15-13)10-11-6-3-2-4-7-11;/h2-4,6-7,12-14H,5,8-10H2,1H3;1H. The van der Waals surface area contributed by atoms with E-state index in [-0.39, 0.29) is 12.4 Å². The molecule has 0 aliphatic carbocycles. The zero-order chi connectivity index (χ0) is 10.5. The van der Waals surface area contributed by atoms with Gasteiger partial charge in [0.15, 0.2) is 0 Å². The lowest BCUT2D eigenvalue weighted by Crippen LogP contribution is -2.39. The Kier molecular flexibility index (Phi) is 5.81. The van der Waals surface area contributed by atoms with Crippen molar-refractivity contribution in [3.05, 3.63) is 35.9 Å². The Labute approximate surface area is 104 Å². The van der Waals surface area contributed by atoms with Gasteiger partial charge in [-0.05, 0) is 31.9 Å². The summed E-state index contributed by atoms with van der Waals surface area (Å²) in [6.45, 7) is 0.928. The predicted molar refractivity (Wildman–Crippen MR) is 69.2 cm³/mol. The molecule has 0 amide bonds. The molecule has 90 valence electrons. The van der Waals surface area contributed by atoms with Crippen molar-refractivity contribution in [1.29, 1.82) is 0 Å². The van der Waals surface area contributed by atoms with E-state index in [0.29, 0.717) is 12.1 Å². The maximum absolute atomic E-state index is 5.72. The van der Waals surface area contributed by atoms with E-state index in [0.717, 1.165) is 13.0 Å². The van der Waals surface area contributed by atoms with Crippen molar-refractivity contribution in [2.75, 3.05) is 13.7 Å². The highest BCUT2D eigenvalue weighted by Crippen LogP contribution is 2.18. The number of ether oxygens (including phenoxy) is 1. The Hall–Kier alpha value is -0.570. The van der Waals surface area contributed by atoms with Gasteiger partial charge in [-0.25, -0.2) is 0 Å². The fourth-order valence-corrected chi connectivity index (χ4v) is 2.21. The van der Waals surface area contributed by atoms with Crippen molar-refractivity contribution >= 4 is 12.4 Å². The van der Waals surface area contributed by atoms with Crippen molar-refractivity contribution in [2.24, 2.45) is 0 Å². The van der Waals surface area contributed by atoms with Crippen LogP contribution in [0.1, 0.15) is 18.4 Å². The van der Waals surface area contributed by atoms with Crippen LogP contribution in [0.4, 0.5) is 0 Å². The van der Waals surface area contributed by atoms with Crippen LogP contribution in [0.3, 0.4) is 0 Å². The summed E-state index contributed by atoms with van der Waals surface area (Å²) in [5.41, 5.74) is 1.38. The van der Waals surface area contributed by atoms with Gasteiger partial charge in [0.25, 0.3) is 0 Å². The maximum Gasteiger partial charge on any atom is 0.0732 e. The van der Waals surface area contributed by atoms with E-state index in [9.17, 15) is 0 Å². The topological polar surface area (TPSA) is 21.3 Å². The van der Waals surface area contributed by atoms with Gasteiger partial charge in [0.05, 0.1) is 6.10 Å². The van der Waals surface area contributed by atoms with Crippen LogP contribution < -0.4 is 5.32 Å². The van der Waals surface area contributed by atoms with E-state index in [1.807, 2.05) is 7.05 Å². The molecule has 2 nitrogen and oxygen atoms in total. The molecule has 1 saturated heterocycles. The molecule has 1 aliphatic heterocycles. The summed E-state index contributed by atoms with van der Waals surface area (Å²) in [7, 11) is 2.02. The summed E-state index contributed by atoms with van der Waals surface area (Å²) < 4.78 is 5.72. The Morgan fingerprint density at radius 2 is 2.12 bits per heavy atom. The molecule has 1 N–H and O–H groups in total. The number of hydrogen-bond donors (Lipinski definition) is 1. The summed E-state index contributed by atoms with van der Waals surface area (Å²) in [6, 6.07) is 11.1. The zero-order valence-electron chi connectivity index (χ0n) is 9.69. The van der Waals surface area contributed by atoms with Gasteiger partial charge >= 0.3 is 0 Å². The minimum atomic E-state index is 0. The first-order chi connectivity index (χ1) is 7.40. The number of benzene rings is 1. The molecule has 1 fully saturated rings. The molecule has 0 radical (unpaired) electrons. The van der Waals surface area contributed by atoms with Crippen molar-refractivity contribution in [1.82, 2.24) is 5.32 Å². The first kappa shape index (κ1) is 13.5. The second kappa shape index (κ2) is 6.89. The molecule has 1 heterocycles. The molecule has 1 aromatic rings. The summed E-state index contributed by atoms with van der Waals surface area (Å²) in [6.07, 6.45) is 3.85. The summed E-state index contributed by atoms with van der Waals surface area (Å²) in [5, 5.41) is 3.37. The van der Waals surface area contributed by atoms with E-state index in [4.69, 9.17) is 4.74 Å². The van der Waals surface area contributed by atoms with E-state index < -0.39 is 0 Å². The molecule has 1 aliphatic rings. The van der Waals surface area contributed by atoms with E-state index in [1.165, 1.54) is 18.4 Å². The molecule has 1 aromatic carbocycles. The smallest absolute Gasteiger partial charge is 0.0732 e. The molecule has 0 spiro atoms. The molecule has 2 atom stereocenters.